The van der Waals surface area contributed by atoms with Gasteiger partial charge in [-0.2, -0.15) is 0 Å². The fraction of sp³-hybridized carbons (Fsp3) is 0.235. The van der Waals surface area contributed by atoms with Crippen LogP contribution in [0.15, 0.2) is 173 Å². The smallest absolute Gasteiger partial charge is 0.330 e. The second-order valence-electron chi connectivity index (χ2n) is 20.7. The summed E-state index contributed by atoms with van der Waals surface area (Å²) in [7, 11) is 4.16. The summed E-state index contributed by atoms with van der Waals surface area (Å²) < 4.78 is 31.6. The molecule has 0 spiro atoms. The monoisotopic (exact) mass is 1360 g/mol. The van der Waals surface area contributed by atoms with Crippen LogP contribution < -0.4 is 22.6 Å². The Kier molecular flexibility index (Phi) is 22.7. The lowest BCUT2D eigenvalue weighted by atomic mass is 9.78. The van der Waals surface area contributed by atoms with Gasteiger partial charge in [0.25, 0.3) is 11.1 Å². The van der Waals surface area contributed by atoms with E-state index in [4.69, 9.17) is 84.9 Å². The number of imidazole rings is 2. The van der Waals surface area contributed by atoms with Gasteiger partial charge in [-0.05, 0) is 144 Å². The minimum absolute atomic E-state index is 0.105. The van der Waals surface area contributed by atoms with Crippen LogP contribution in [0.3, 0.4) is 0 Å². The zero-order valence-corrected chi connectivity index (χ0v) is 55.6. The predicted octanol–water partition coefficient (Wildman–Crippen LogP) is 15.8. The third-order valence-corrected chi connectivity index (χ3v) is 19.0. The number of pyridine rings is 2. The molecular weight excluding hydrogens is 1300 g/mol. The van der Waals surface area contributed by atoms with Gasteiger partial charge in [0.05, 0.1) is 66.8 Å². The first-order chi connectivity index (χ1) is 42.1. The first-order valence-corrected chi connectivity index (χ1v) is 32.6. The topological polar surface area (TPSA) is 167 Å². The van der Waals surface area contributed by atoms with Gasteiger partial charge >= 0.3 is 7.60 Å². The number of alkyl halides is 1. The van der Waals surface area contributed by atoms with Crippen molar-refractivity contribution in [2.45, 2.75) is 50.6 Å². The number of benzene rings is 6. The highest BCUT2D eigenvalue weighted by molar-refractivity contribution is 9.10. The fourth-order valence-corrected chi connectivity index (χ4v) is 13.9. The van der Waals surface area contributed by atoms with Gasteiger partial charge in [-0.25, -0.2) is 9.97 Å². The molecule has 454 valence electrons. The molecule has 0 bridgehead atoms. The number of hydrogen-bond acceptors (Lipinski definition) is 9. The summed E-state index contributed by atoms with van der Waals surface area (Å²) in [6.07, 6.45) is 14.9. The highest BCUT2D eigenvalue weighted by atomic mass is 79.9. The maximum atomic E-state index is 13.0. The second kappa shape index (κ2) is 29.7. The van der Waals surface area contributed by atoms with Crippen LogP contribution in [0.1, 0.15) is 78.7 Å². The van der Waals surface area contributed by atoms with Crippen molar-refractivity contribution in [3.8, 4) is 46.4 Å². The molecule has 0 aliphatic rings. The van der Waals surface area contributed by atoms with Gasteiger partial charge in [0.15, 0.2) is 0 Å². The molecule has 0 radical (unpaired) electrons. The molecule has 0 unspecified atom stereocenters. The van der Waals surface area contributed by atoms with Crippen molar-refractivity contribution in [2.75, 3.05) is 25.3 Å². The largest absolute Gasteiger partial charge is 0.336 e. The Morgan fingerprint density at radius 2 is 1.09 bits per heavy atom. The lowest BCUT2D eigenvalue weighted by Crippen LogP contribution is -2.41. The van der Waals surface area contributed by atoms with Gasteiger partial charge in [-0.1, -0.05) is 123 Å². The maximum Gasteiger partial charge on any atom is 0.330 e. The summed E-state index contributed by atoms with van der Waals surface area (Å²) >= 11 is 34.4. The van der Waals surface area contributed by atoms with Crippen molar-refractivity contribution in [2.24, 2.45) is 39.7 Å². The van der Waals surface area contributed by atoms with Crippen LogP contribution >= 0.6 is 81.5 Å². The quantitative estimate of drug-likeness (QED) is 0.0390. The molecule has 0 aliphatic carbocycles. The summed E-state index contributed by atoms with van der Waals surface area (Å²) in [5, 5.41) is 4.00. The van der Waals surface area contributed by atoms with Crippen molar-refractivity contribution >= 4 is 103 Å². The Morgan fingerprint density at radius 3 is 1.52 bits per heavy atom. The maximum absolute atomic E-state index is 13.0. The van der Waals surface area contributed by atoms with Crippen LogP contribution in [0.4, 0.5) is 0 Å². The van der Waals surface area contributed by atoms with Gasteiger partial charge in [-0.15, -0.1) is 23.9 Å². The molecule has 4 N–H and O–H groups in total. The molecular formula is C68H65BrCl5N8O5P. The van der Waals surface area contributed by atoms with Crippen LogP contribution in [0, 0.1) is 24.2 Å². The molecule has 13 nitrogen and oxygen atoms in total. The van der Waals surface area contributed by atoms with E-state index >= 15 is 0 Å². The predicted molar refractivity (Wildman–Crippen MR) is 365 cm³/mol. The lowest BCUT2D eigenvalue weighted by molar-refractivity contribution is 0.220. The average molecular weight is 1360 g/mol. The van der Waals surface area contributed by atoms with Crippen molar-refractivity contribution < 1.29 is 13.6 Å². The molecule has 4 aromatic heterocycles. The van der Waals surface area contributed by atoms with Crippen LogP contribution in [-0.4, -0.2) is 53.5 Å². The van der Waals surface area contributed by atoms with E-state index in [2.05, 4.69) is 43.7 Å². The van der Waals surface area contributed by atoms with Gasteiger partial charge in [-0.3, -0.25) is 14.2 Å². The van der Waals surface area contributed by atoms with Gasteiger partial charge in [0, 0.05) is 99.9 Å². The van der Waals surface area contributed by atoms with Crippen LogP contribution in [0.2, 0.25) is 20.1 Å². The number of nitrogens with two attached hydrogens (primary N) is 2. The van der Waals surface area contributed by atoms with E-state index in [1.54, 1.807) is 92.5 Å². The number of rotatable bonds is 17. The minimum Gasteiger partial charge on any atom is -0.336 e. The van der Waals surface area contributed by atoms with E-state index in [9.17, 15) is 14.2 Å². The van der Waals surface area contributed by atoms with E-state index in [0.29, 0.717) is 57.6 Å². The molecule has 10 rings (SSSR count). The van der Waals surface area contributed by atoms with Crippen LogP contribution in [0.5, 0.6) is 0 Å². The van der Waals surface area contributed by atoms with E-state index in [0.717, 1.165) is 95.0 Å². The van der Waals surface area contributed by atoms with Gasteiger partial charge < -0.3 is 38.8 Å². The molecule has 2 atom stereocenters. The van der Waals surface area contributed by atoms with Crippen molar-refractivity contribution in [3.05, 3.63) is 243 Å². The number of aromatic nitrogens is 6. The highest BCUT2D eigenvalue weighted by Gasteiger charge is 2.39. The summed E-state index contributed by atoms with van der Waals surface area (Å²) in [5.41, 5.74) is 22.4. The van der Waals surface area contributed by atoms with E-state index < -0.39 is 18.7 Å². The van der Waals surface area contributed by atoms with Gasteiger partial charge in [0.2, 0.25) is 0 Å². The molecule has 0 saturated heterocycles. The molecule has 10 aromatic rings. The molecule has 20 heteroatoms. The number of fused-ring (bicyclic) bond motifs is 2. The Balaban J connectivity index is 0.000000215. The van der Waals surface area contributed by atoms with E-state index in [1.807, 2.05) is 126 Å². The molecule has 0 amide bonds. The second-order valence-corrected chi connectivity index (χ2v) is 25.8. The minimum atomic E-state index is -3.16. The third kappa shape index (κ3) is 14.8. The molecule has 0 fully saturated rings. The first-order valence-electron chi connectivity index (χ1n) is 28.1. The number of halogens is 6. The summed E-state index contributed by atoms with van der Waals surface area (Å²) in [6.45, 7) is 4.21. The lowest BCUT2D eigenvalue weighted by Gasteiger charge is -2.32. The summed E-state index contributed by atoms with van der Waals surface area (Å²) in [4.78, 5) is 34.6. The molecule has 6 aromatic carbocycles. The van der Waals surface area contributed by atoms with Crippen LogP contribution in [-0.2, 0) is 52.9 Å². The Bertz CT molecular complexity index is 4460. The zero-order valence-electron chi connectivity index (χ0n) is 49.3. The highest BCUT2D eigenvalue weighted by Crippen LogP contribution is 2.49. The molecule has 0 aliphatic heterocycles. The summed E-state index contributed by atoms with van der Waals surface area (Å²) in [6, 6.07) is 41.0. The van der Waals surface area contributed by atoms with E-state index in [1.165, 1.54) is 0 Å². The fourth-order valence-electron chi connectivity index (χ4n) is 10.6. The van der Waals surface area contributed by atoms with Gasteiger partial charge in [0.1, 0.15) is 11.1 Å². The van der Waals surface area contributed by atoms with Crippen molar-refractivity contribution in [1.82, 2.24) is 28.2 Å². The Morgan fingerprint density at radius 1 is 0.614 bits per heavy atom. The molecule has 0 saturated carbocycles. The number of aryl methyl sites for hydroxylation is 4. The molecule has 88 heavy (non-hydrogen) atoms. The molecule has 4 heterocycles. The normalized spacial score (nSPS) is 12.6. The Labute approximate surface area is 546 Å². The van der Waals surface area contributed by atoms with E-state index in [-0.39, 0.29) is 17.3 Å². The summed E-state index contributed by atoms with van der Waals surface area (Å²) in [5.74, 6) is 9.67. The van der Waals surface area contributed by atoms with Crippen LogP contribution in [0.25, 0.3) is 44.1 Å². The van der Waals surface area contributed by atoms with Crippen molar-refractivity contribution in [3.63, 3.8) is 0 Å². The SMILES string of the molecule is C#CCCCCl.CCOP(=O)(CCCC#Cc1cc(Cl)ccc1[C@@](N)(c1ccc2c(c1)c(-c1cccc(Cl)c1)cc(=O)n2C)c1cncn1C)OCC.Cn1cncc1[C@](N)(c1ccc2c(c1)c(-c1cccc(Cl)c1)cc(=O)n2C)c1ccc(Cl)cc1Br. The first kappa shape index (κ1) is 67.2. The average Bonchev–Trinajstić information content (AvgIpc) is 2.35. The number of nitrogens with zero attached hydrogens (tertiary/aromatic N) is 6. The Hall–Kier alpha value is -6.72. The number of terminal acetylenes is 1. The zero-order chi connectivity index (χ0) is 63.5. The standard InChI is InChI=1S/C36H37Cl2N4O4P.C27H21BrCl2N4O.C5H7Cl/c1-5-45-47(44,46-6-2)18-9-7-8-11-26-20-29(38)15-16-32(26)36(39,34-23-40-24-41(34)3)27-14-17-33-31(21-27)30(22-35(43)42(33)4)25-12-10-13-28(37)19-25;1-33-15-32-14-25(33)27(31,22-8-7-19(30)12-23(22)28)17-6-9-24-21(11-17)20(13-26(35)34(24)2)16-4-3-5-18(29)10-16;1-2-3-4-5-6/h10,12-17,19-24H,5-7,9,18,39H2,1-4H3;3-15H,31H2,1-2H3;1H,3-5H2/t36-;27-;/m00./s1. The third-order valence-electron chi connectivity index (χ3n) is 14.9. The van der Waals surface area contributed by atoms with Crippen molar-refractivity contribution in [1.29, 1.82) is 0 Å². The number of unbranched alkanes of at least 4 members (excludes halogenated alkanes) is 2. The number of hydrogen-bond donors (Lipinski definition) is 2.